The van der Waals surface area contributed by atoms with Gasteiger partial charge in [0.25, 0.3) is 10.0 Å². The van der Waals surface area contributed by atoms with Crippen LogP contribution in [-0.4, -0.2) is 25.7 Å². The Bertz CT molecular complexity index is 717. The van der Waals surface area contributed by atoms with Crippen LogP contribution < -0.4 is 9.46 Å². The van der Waals surface area contributed by atoms with Crippen molar-refractivity contribution < 1.29 is 13.2 Å². The maximum atomic E-state index is 12.3. The Kier molecular flexibility index (Phi) is 4.10. The summed E-state index contributed by atoms with van der Waals surface area (Å²) in [7, 11) is -2.40. The molecule has 1 N–H and O–H groups in total. The third-order valence-corrected chi connectivity index (χ3v) is 4.06. The molecule has 20 heavy (non-hydrogen) atoms. The van der Waals surface area contributed by atoms with Gasteiger partial charge in [0.15, 0.2) is 11.0 Å². The second kappa shape index (κ2) is 5.64. The van der Waals surface area contributed by atoms with Crippen molar-refractivity contribution in [3.05, 3.63) is 41.0 Å². The van der Waals surface area contributed by atoms with Gasteiger partial charge in [0.1, 0.15) is 10.6 Å². The van der Waals surface area contributed by atoms with Gasteiger partial charge in [-0.1, -0.05) is 17.7 Å². The zero-order chi connectivity index (χ0) is 14.8. The lowest BCUT2D eigenvalue weighted by Crippen LogP contribution is -2.15. The number of rotatable bonds is 4. The number of aryl methyl sites for hydroxylation is 1. The van der Waals surface area contributed by atoms with Gasteiger partial charge < -0.3 is 4.74 Å². The number of sulfonamides is 1. The van der Waals surface area contributed by atoms with Crippen LogP contribution in [0.3, 0.4) is 0 Å². The van der Waals surface area contributed by atoms with Crippen LogP contribution >= 0.6 is 11.6 Å². The quantitative estimate of drug-likeness (QED) is 0.936. The molecule has 2 rings (SSSR count). The normalized spacial score (nSPS) is 11.2. The van der Waals surface area contributed by atoms with Gasteiger partial charge in [-0.25, -0.2) is 8.42 Å². The van der Waals surface area contributed by atoms with E-state index in [1.807, 2.05) is 0 Å². The summed E-state index contributed by atoms with van der Waals surface area (Å²) >= 11 is 5.60. The molecule has 0 fully saturated rings. The van der Waals surface area contributed by atoms with Crippen LogP contribution in [0.4, 0.5) is 5.82 Å². The first-order valence-electron chi connectivity index (χ1n) is 5.59. The molecule has 1 aromatic carbocycles. The van der Waals surface area contributed by atoms with E-state index in [2.05, 4.69) is 14.9 Å². The summed E-state index contributed by atoms with van der Waals surface area (Å²) in [6, 6.07) is 7.75. The Morgan fingerprint density at radius 3 is 2.55 bits per heavy atom. The fourth-order valence-electron chi connectivity index (χ4n) is 1.56. The molecule has 2 aromatic rings. The molecule has 0 atom stereocenters. The minimum absolute atomic E-state index is 0.0387. The molecule has 0 radical (unpaired) electrons. The average Bonchev–Trinajstić information content (AvgIpc) is 2.41. The van der Waals surface area contributed by atoms with Gasteiger partial charge in [0.2, 0.25) is 0 Å². The largest absolute Gasteiger partial charge is 0.495 e. The summed E-state index contributed by atoms with van der Waals surface area (Å²) in [6.45, 7) is 1.79. The van der Waals surface area contributed by atoms with E-state index in [1.54, 1.807) is 19.1 Å². The number of ether oxygens (including phenoxy) is 1. The summed E-state index contributed by atoms with van der Waals surface area (Å²) in [4.78, 5) is 0.0387. The fraction of sp³-hybridized carbons (Fsp3) is 0.167. The average molecular weight is 314 g/mol. The van der Waals surface area contributed by atoms with Crippen LogP contribution in [0.2, 0.25) is 5.15 Å². The van der Waals surface area contributed by atoms with Crippen LogP contribution in [0.25, 0.3) is 0 Å². The van der Waals surface area contributed by atoms with Gasteiger partial charge in [-0.3, -0.25) is 4.72 Å². The van der Waals surface area contributed by atoms with Gasteiger partial charge >= 0.3 is 0 Å². The van der Waals surface area contributed by atoms with Crippen LogP contribution in [0, 0.1) is 6.92 Å². The number of benzene rings is 1. The molecule has 0 aliphatic carbocycles. The van der Waals surface area contributed by atoms with Gasteiger partial charge in [-0.15, -0.1) is 10.2 Å². The predicted octanol–water partition coefficient (Wildman–Crippen LogP) is 2.25. The Hall–Kier alpha value is -1.86. The third kappa shape index (κ3) is 3.17. The second-order valence-corrected chi connectivity index (χ2v) is 6.04. The van der Waals surface area contributed by atoms with Crippen molar-refractivity contribution in [2.45, 2.75) is 11.8 Å². The summed E-state index contributed by atoms with van der Waals surface area (Å²) < 4.78 is 32.0. The number of anilines is 1. The molecule has 0 saturated heterocycles. The zero-order valence-corrected chi connectivity index (χ0v) is 12.4. The van der Waals surface area contributed by atoms with Crippen molar-refractivity contribution in [3.63, 3.8) is 0 Å². The number of nitrogens with zero attached hydrogens (tertiary/aromatic N) is 2. The smallest absolute Gasteiger partial charge is 0.266 e. The van der Waals surface area contributed by atoms with E-state index in [-0.39, 0.29) is 21.6 Å². The van der Waals surface area contributed by atoms with Crippen molar-refractivity contribution in [3.8, 4) is 5.75 Å². The fourth-order valence-corrected chi connectivity index (χ4v) is 2.91. The number of aromatic nitrogens is 2. The molecule has 0 bridgehead atoms. The van der Waals surface area contributed by atoms with Gasteiger partial charge in [0, 0.05) is 0 Å². The topological polar surface area (TPSA) is 81.2 Å². The Labute approximate surface area is 121 Å². The highest BCUT2D eigenvalue weighted by Crippen LogP contribution is 2.26. The summed E-state index contributed by atoms with van der Waals surface area (Å²) in [5.41, 5.74) is 0.799. The molecule has 8 heteroatoms. The molecule has 0 unspecified atom stereocenters. The maximum absolute atomic E-state index is 12.3. The summed E-state index contributed by atoms with van der Waals surface area (Å²) in [5.74, 6) is 0.336. The van der Waals surface area contributed by atoms with E-state index in [1.165, 1.54) is 25.3 Å². The molecule has 0 aliphatic rings. The zero-order valence-electron chi connectivity index (χ0n) is 10.8. The van der Waals surface area contributed by atoms with E-state index in [4.69, 9.17) is 16.3 Å². The highest BCUT2D eigenvalue weighted by atomic mass is 35.5. The lowest BCUT2D eigenvalue weighted by atomic mass is 10.2. The van der Waals surface area contributed by atoms with E-state index >= 15 is 0 Å². The second-order valence-electron chi connectivity index (χ2n) is 4.00. The Morgan fingerprint density at radius 1 is 1.20 bits per heavy atom. The van der Waals surface area contributed by atoms with Crippen molar-refractivity contribution in [1.82, 2.24) is 10.2 Å². The summed E-state index contributed by atoms with van der Waals surface area (Å²) in [5, 5.41) is 7.41. The first kappa shape index (κ1) is 14.5. The Balaban J connectivity index is 2.40. The molecule has 0 aliphatic heterocycles. The number of methoxy groups -OCH3 is 1. The van der Waals surface area contributed by atoms with Crippen molar-refractivity contribution in [2.24, 2.45) is 0 Å². The molecule has 106 valence electrons. The van der Waals surface area contributed by atoms with Crippen LogP contribution in [0.5, 0.6) is 5.75 Å². The molecule has 0 saturated carbocycles. The molecule has 1 aromatic heterocycles. The van der Waals surface area contributed by atoms with E-state index in [9.17, 15) is 8.42 Å². The molecule has 1 heterocycles. The van der Waals surface area contributed by atoms with Gasteiger partial charge in [-0.05, 0) is 36.8 Å². The molecule has 0 amide bonds. The van der Waals surface area contributed by atoms with Crippen molar-refractivity contribution in [1.29, 1.82) is 0 Å². The van der Waals surface area contributed by atoms with Crippen molar-refractivity contribution in [2.75, 3.05) is 11.8 Å². The predicted molar refractivity (Wildman–Crippen MR) is 75.6 cm³/mol. The first-order valence-corrected chi connectivity index (χ1v) is 7.45. The highest BCUT2D eigenvalue weighted by Gasteiger charge is 2.20. The van der Waals surface area contributed by atoms with E-state index in [0.717, 1.165) is 5.56 Å². The lowest BCUT2D eigenvalue weighted by Gasteiger charge is -2.11. The lowest BCUT2D eigenvalue weighted by molar-refractivity contribution is 0.402. The van der Waals surface area contributed by atoms with Gasteiger partial charge in [0.05, 0.1) is 7.11 Å². The van der Waals surface area contributed by atoms with Crippen LogP contribution in [0.15, 0.2) is 35.2 Å². The number of hydrogen-bond donors (Lipinski definition) is 1. The van der Waals surface area contributed by atoms with Crippen LogP contribution in [-0.2, 0) is 10.0 Å². The number of nitrogens with one attached hydrogen (secondary N) is 1. The number of halogens is 1. The number of hydrogen-bond acceptors (Lipinski definition) is 5. The Morgan fingerprint density at radius 2 is 1.95 bits per heavy atom. The summed E-state index contributed by atoms with van der Waals surface area (Å²) in [6.07, 6.45) is 0. The van der Waals surface area contributed by atoms with E-state index in [0.29, 0.717) is 0 Å². The first-order chi connectivity index (χ1) is 9.42. The molecular formula is C12H12ClN3O3S. The monoisotopic (exact) mass is 313 g/mol. The van der Waals surface area contributed by atoms with E-state index < -0.39 is 10.0 Å². The van der Waals surface area contributed by atoms with Gasteiger partial charge in [-0.2, -0.15) is 0 Å². The molecular weight excluding hydrogens is 302 g/mol. The molecule has 6 nitrogen and oxygen atoms in total. The minimum atomic E-state index is -3.81. The minimum Gasteiger partial charge on any atom is -0.495 e. The third-order valence-electron chi connectivity index (χ3n) is 2.48. The SMILES string of the molecule is COc1ccc(C)cc1S(=O)(=O)Nc1ccc(Cl)nn1. The standard InChI is InChI=1S/C12H12ClN3O3S/c1-8-3-4-9(19-2)10(7-8)20(17,18)16-12-6-5-11(13)14-15-12/h3-7H,1-2H3,(H,15,16). The maximum Gasteiger partial charge on any atom is 0.266 e. The highest BCUT2D eigenvalue weighted by molar-refractivity contribution is 7.92. The molecule has 0 spiro atoms. The van der Waals surface area contributed by atoms with Crippen molar-refractivity contribution >= 4 is 27.4 Å². The van der Waals surface area contributed by atoms with Crippen LogP contribution in [0.1, 0.15) is 5.56 Å².